The molecule has 6 heteroatoms. The SMILES string of the molecule is NC(=O)[C@@H]1CCCN(CC(=O)NCCSCc2ccccc2)C1. The van der Waals surface area contributed by atoms with Crippen LogP contribution >= 0.6 is 11.8 Å². The zero-order chi connectivity index (χ0) is 16.5. The number of hydrogen-bond donors (Lipinski definition) is 2. The maximum Gasteiger partial charge on any atom is 0.234 e. The van der Waals surface area contributed by atoms with E-state index in [9.17, 15) is 9.59 Å². The van der Waals surface area contributed by atoms with E-state index in [0.717, 1.165) is 30.9 Å². The first-order valence-corrected chi connectivity index (χ1v) is 9.20. The van der Waals surface area contributed by atoms with Crippen molar-refractivity contribution in [1.82, 2.24) is 10.2 Å². The maximum absolute atomic E-state index is 11.9. The van der Waals surface area contributed by atoms with Crippen LogP contribution in [-0.2, 0) is 15.3 Å². The Labute approximate surface area is 142 Å². The lowest BCUT2D eigenvalue weighted by Gasteiger charge is -2.30. The molecule has 126 valence electrons. The highest BCUT2D eigenvalue weighted by Crippen LogP contribution is 2.15. The average Bonchev–Trinajstić information content (AvgIpc) is 2.55. The van der Waals surface area contributed by atoms with Gasteiger partial charge in [-0.3, -0.25) is 14.5 Å². The van der Waals surface area contributed by atoms with Crippen molar-refractivity contribution in [3.8, 4) is 0 Å². The van der Waals surface area contributed by atoms with Crippen LogP contribution in [0.15, 0.2) is 30.3 Å². The lowest BCUT2D eigenvalue weighted by molar-refractivity contribution is -0.126. The minimum atomic E-state index is -0.257. The molecule has 1 aliphatic heterocycles. The molecule has 1 heterocycles. The molecule has 0 spiro atoms. The van der Waals surface area contributed by atoms with Gasteiger partial charge in [0.05, 0.1) is 12.5 Å². The van der Waals surface area contributed by atoms with Gasteiger partial charge in [0.2, 0.25) is 11.8 Å². The number of benzene rings is 1. The van der Waals surface area contributed by atoms with Gasteiger partial charge in [0, 0.05) is 24.6 Å². The summed E-state index contributed by atoms with van der Waals surface area (Å²) in [6.07, 6.45) is 1.76. The summed E-state index contributed by atoms with van der Waals surface area (Å²) < 4.78 is 0. The Morgan fingerprint density at radius 2 is 2.09 bits per heavy atom. The summed E-state index contributed by atoms with van der Waals surface area (Å²) in [6, 6.07) is 10.3. The number of amides is 2. The molecule has 5 nitrogen and oxygen atoms in total. The number of carbonyl (C=O) groups excluding carboxylic acids is 2. The summed E-state index contributed by atoms with van der Waals surface area (Å²) in [7, 11) is 0. The van der Waals surface area contributed by atoms with Gasteiger partial charge in [-0.25, -0.2) is 0 Å². The van der Waals surface area contributed by atoms with Crippen molar-refractivity contribution < 1.29 is 9.59 Å². The molecule has 1 aliphatic rings. The predicted molar refractivity (Wildman–Crippen MR) is 94.0 cm³/mol. The molecule has 1 aromatic rings. The fraction of sp³-hybridized carbons (Fsp3) is 0.529. The number of hydrogen-bond acceptors (Lipinski definition) is 4. The number of nitrogens with one attached hydrogen (secondary N) is 1. The molecular weight excluding hydrogens is 310 g/mol. The first-order valence-electron chi connectivity index (χ1n) is 8.05. The van der Waals surface area contributed by atoms with Gasteiger partial charge in [0.25, 0.3) is 0 Å². The van der Waals surface area contributed by atoms with E-state index in [2.05, 4.69) is 17.4 Å². The maximum atomic E-state index is 11.9. The number of nitrogens with zero attached hydrogens (tertiary/aromatic N) is 1. The van der Waals surface area contributed by atoms with E-state index < -0.39 is 0 Å². The molecule has 0 radical (unpaired) electrons. The van der Waals surface area contributed by atoms with Crippen LogP contribution in [0.4, 0.5) is 0 Å². The van der Waals surface area contributed by atoms with E-state index in [1.165, 1.54) is 5.56 Å². The molecule has 0 saturated carbocycles. The molecule has 23 heavy (non-hydrogen) atoms. The minimum Gasteiger partial charge on any atom is -0.369 e. The van der Waals surface area contributed by atoms with E-state index in [-0.39, 0.29) is 17.7 Å². The summed E-state index contributed by atoms with van der Waals surface area (Å²) in [5.41, 5.74) is 6.65. The summed E-state index contributed by atoms with van der Waals surface area (Å²) in [5, 5.41) is 2.94. The number of carbonyl (C=O) groups is 2. The molecule has 2 rings (SSSR count). The fourth-order valence-corrected chi connectivity index (χ4v) is 3.54. The third-order valence-electron chi connectivity index (χ3n) is 3.96. The van der Waals surface area contributed by atoms with Crippen LogP contribution in [0.1, 0.15) is 18.4 Å². The second-order valence-corrected chi connectivity index (χ2v) is 6.97. The van der Waals surface area contributed by atoms with Crippen molar-refractivity contribution in [2.45, 2.75) is 18.6 Å². The van der Waals surface area contributed by atoms with E-state index in [1.807, 2.05) is 34.9 Å². The lowest BCUT2D eigenvalue weighted by Crippen LogP contribution is -2.45. The molecular formula is C17H25N3O2S. The molecule has 0 unspecified atom stereocenters. The quantitative estimate of drug-likeness (QED) is 0.701. The Kier molecular flexibility index (Phi) is 7.42. The Morgan fingerprint density at radius 1 is 1.30 bits per heavy atom. The predicted octanol–water partition coefficient (Wildman–Crippen LogP) is 1.23. The molecule has 1 saturated heterocycles. The summed E-state index contributed by atoms with van der Waals surface area (Å²) in [4.78, 5) is 25.2. The van der Waals surface area contributed by atoms with Gasteiger partial charge in [-0.05, 0) is 24.9 Å². The third kappa shape index (κ3) is 6.62. The van der Waals surface area contributed by atoms with E-state index in [0.29, 0.717) is 19.6 Å². The zero-order valence-electron chi connectivity index (χ0n) is 13.4. The summed E-state index contributed by atoms with van der Waals surface area (Å²) >= 11 is 1.81. The number of likely N-dealkylation sites (tertiary alicyclic amines) is 1. The zero-order valence-corrected chi connectivity index (χ0v) is 14.2. The van der Waals surface area contributed by atoms with E-state index in [4.69, 9.17) is 5.73 Å². The van der Waals surface area contributed by atoms with Gasteiger partial charge >= 0.3 is 0 Å². The second kappa shape index (κ2) is 9.57. The molecule has 0 aliphatic carbocycles. The highest BCUT2D eigenvalue weighted by molar-refractivity contribution is 7.98. The monoisotopic (exact) mass is 335 g/mol. The van der Waals surface area contributed by atoms with Gasteiger partial charge in [-0.15, -0.1) is 0 Å². The standard InChI is InChI=1S/C17H25N3O2S/c18-17(22)15-7-4-9-20(11-15)12-16(21)19-8-10-23-13-14-5-2-1-3-6-14/h1-3,5-6,15H,4,7-13H2,(H2,18,22)(H,19,21)/t15-/m1/s1. The van der Waals surface area contributed by atoms with Crippen LogP contribution in [-0.4, -0.2) is 48.6 Å². The van der Waals surface area contributed by atoms with Crippen LogP contribution in [0, 0.1) is 5.92 Å². The molecule has 1 aromatic carbocycles. The molecule has 0 aromatic heterocycles. The first kappa shape index (κ1) is 17.8. The van der Waals surface area contributed by atoms with Crippen molar-refractivity contribution in [1.29, 1.82) is 0 Å². The minimum absolute atomic E-state index is 0.0235. The molecule has 3 N–H and O–H groups in total. The van der Waals surface area contributed by atoms with E-state index in [1.54, 1.807) is 0 Å². The first-order chi connectivity index (χ1) is 11.1. The lowest BCUT2D eigenvalue weighted by atomic mass is 9.97. The second-order valence-electron chi connectivity index (χ2n) is 5.86. The van der Waals surface area contributed by atoms with Crippen molar-refractivity contribution in [3.05, 3.63) is 35.9 Å². The van der Waals surface area contributed by atoms with Crippen molar-refractivity contribution in [3.63, 3.8) is 0 Å². The van der Waals surface area contributed by atoms with Gasteiger partial charge in [0.1, 0.15) is 0 Å². The summed E-state index contributed by atoms with van der Waals surface area (Å²) in [5.74, 6) is 1.51. The van der Waals surface area contributed by atoms with Gasteiger partial charge in [-0.2, -0.15) is 11.8 Å². The van der Waals surface area contributed by atoms with E-state index >= 15 is 0 Å². The highest BCUT2D eigenvalue weighted by atomic mass is 32.2. The largest absolute Gasteiger partial charge is 0.369 e. The number of nitrogens with two attached hydrogens (primary N) is 1. The van der Waals surface area contributed by atoms with Gasteiger partial charge in [0.15, 0.2) is 0 Å². The number of piperidine rings is 1. The van der Waals surface area contributed by atoms with Crippen LogP contribution in [0.25, 0.3) is 0 Å². The van der Waals surface area contributed by atoms with Crippen LogP contribution < -0.4 is 11.1 Å². The Morgan fingerprint density at radius 3 is 2.83 bits per heavy atom. The molecule has 1 atom stereocenters. The molecule has 1 fully saturated rings. The third-order valence-corrected chi connectivity index (χ3v) is 4.99. The normalized spacial score (nSPS) is 18.5. The Bertz CT molecular complexity index is 510. The number of thioether (sulfide) groups is 1. The molecule has 0 bridgehead atoms. The number of rotatable bonds is 8. The van der Waals surface area contributed by atoms with Crippen molar-refractivity contribution in [2.24, 2.45) is 11.7 Å². The number of primary amides is 1. The fourth-order valence-electron chi connectivity index (χ4n) is 2.72. The Balaban J connectivity index is 1.57. The summed E-state index contributed by atoms with van der Waals surface area (Å²) in [6.45, 7) is 2.49. The van der Waals surface area contributed by atoms with Crippen molar-refractivity contribution >= 4 is 23.6 Å². The van der Waals surface area contributed by atoms with Crippen LogP contribution in [0.3, 0.4) is 0 Å². The van der Waals surface area contributed by atoms with Crippen LogP contribution in [0.2, 0.25) is 0 Å². The molecule has 2 amide bonds. The van der Waals surface area contributed by atoms with Crippen molar-refractivity contribution in [2.75, 3.05) is 31.9 Å². The average molecular weight is 335 g/mol. The van der Waals surface area contributed by atoms with Gasteiger partial charge in [-0.1, -0.05) is 30.3 Å². The Hall–Kier alpha value is -1.53. The van der Waals surface area contributed by atoms with Crippen LogP contribution in [0.5, 0.6) is 0 Å². The smallest absolute Gasteiger partial charge is 0.234 e. The topological polar surface area (TPSA) is 75.4 Å². The van der Waals surface area contributed by atoms with Gasteiger partial charge < -0.3 is 11.1 Å². The highest BCUT2D eigenvalue weighted by Gasteiger charge is 2.24.